The lowest BCUT2D eigenvalue weighted by atomic mass is 10.3. The summed E-state index contributed by atoms with van der Waals surface area (Å²) < 4.78 is 0. The van der Waals surface area contributed by atoms with E-state index < -0.39 is 0 Å². The normalized spacial score (nSPS) is 18.6. The zero-order valence-electron chi connectivity index (χ0n) is 8.17. The van der Waals surface area contributed by atoms with Gasteiger partial charge in [-0.25, -0.2) is 0 Å². The lowest BCUT2D eigenvalue weighted by molar-refractivity contribution is 0.271. The van der Waals surface area contributed by atoms with Gasteiger partial charge in [-0.05, 0) is 31.7 Å². The van der Waals surface area contributed by atoms with Crippen LogP contribution in [0.2, 0.25) is 0 Å². The van der Waals surface area contributed by atoms with Gasteiger partial charge in [-0.2, -0.15) is 5.26 Å². The van der Waals surface area contributed by atoms with Gasteiger partial charge in [-0.15, -0.1) is 11.6 Å². The summed E-state index contributed by atoms with van der Waals surface area (Å²) in [7, 11) is 0. The van der Waals surface area contributed by atoms with Gasteiger partial charge in [0.05, 0.1) is 6.07 Å². The molecule has 0 bridgehead atoms. The summed E-state index contributed by atoms with van der Waals surface area (Å²) in [4.78, 5) is 2.32. The fourth-order valence-corrected chi connectivity index (χ4v) is 1.70. The first-order valence-electron chi connectivity index (χ1n) is 5.02. The molecule has 1 aliphatic carbocycles. The summed E-state index contributed by atoms with van der Waals surface area (Å²) in [6, 6.07) is 2.07. The quantitative estimate of drug-likeness (QED) is 0.615. The van der Waals surface area contributed by atoms with Crippen LogP contribution in [0, 0.1) is 17.2 Å². The van der Waals surface area contributed by atoms with Gasteiger partial charge in [0, 0.05) is 13.1 Å². The maximum Gasteiger partial charge on any atom is 0.133 e. The van der Waals surface area contributed by atoms with Gasteiger partial charge in [0.25, 0.3) is 0 Å². The first-order chi connectivity index (χ1) is 6.26. The third-order valence-electron chi connectivity index (χ3n) is 2.31. The van der Waals surface area contributed by atoms with Crippen LogP contribution in [0.4, 0.5) is 0 Å². The summed E-state index contributed by atoms with van der Waals surface area (Å²) in [5.41, 5.74) is 0. The Bertz CT molecular complexity index is 184. The van der Waals surface area contributed by atoms with E-state index in [1.165, 1.54) is 12.8 Å². The third kappa shape index (κ3) is 4.50. The van der Waals surface area contributed by atoms with Crippen molar-refractivity contribution >= 4 is 11.6 Å². The fraction of sp³-hybridized carbons (Fsp3) is 0.900. The Kier molecular flexibility index (Phi) is 4.55. The smallest absolute Gasteiger partial charge is 0.133 e. The minimum absolute atomic E-state index is 0.342. The van der Waals surface area contributed by atoms with Crippen LogP contribution >= 0.6 is 11.6 Å². The fourth-order valence-electron chi connectivity index (χ4n) is 1.51. The molecule has 1 saturated carbocycles. The van der Waals surface area contributed by atoms with E-state index in [0.29, 0.717) is 0 Å². The molecule has 0 aromatic rings. The summed E-state index contributed by atoms with van der Waals surface area (Å²) in [5, 5.41) is 8.25. The number of hydrogen-bond acceptors (Lipinski definition) is 2. The highest BCUT2D eigenvalue weighted by Crippen LogP contribution is 2.29. The minimum atomic E-state index is -0.342. The van der Waals surface area contributed by atoms with Gasteiger partial charge in [-0.3, -0.25) is 0 Å². The van der Waals surface area contributed by atoms with E-state index in [1.807, 2.05) is 0 Å². The molecule has 1 aliphatic rings. The highest BCUT2D eigenvalue weighted by molar-refractivity contribution is 6.22. The average Bonchev–Trinajstić information content (AvgIpc) is 2.88. The van der Waals surface area contributed by atoms with Crippen molar-refractivity contribution in [3.05, 3.63) is 0 Å². The molecule has 0 heterocycles. The Labute approximate surface area is 85.5 Å². The molecule has 0 N–H and O–H groups in total. The molecule has 13 heavy (non-hydrogen) atoms. The predicted molar refractivity (Wildman–Crippen MR) is 54.7 cm³/mol. The van der Waals surface area contributed by atoms with Crippen LogP contribution in [0.1, 0.15) is 26.2 Å². The Morgan fingerprint density at radius 1 is 1.62 bits per heavy atom. The summed E-state index contributed by atoms with van der Waals surface area (Å²) >= 11 is 5.80. The zero-order chi connectivity index (χ0) is 9.68. The van der Waals surface area contributed by atoms with Crippen molar-refractivity contribution in [1.82, 2.24) is 4.90 Å². The van der Waals surface area contributed by atoms with Crippen molar-refractivity contribution in [3.8, 4) is 6.07 Å². The predicted octanol–water partition coefficient (Wildman–Crippen LogP) is 2.24. The molecule has 74 valence electrons. The van der Waals surface area contributed by atoms with Crippen LogP contribution in [0.15, 0.2) is 0 Å². The van der Waals surface area contributed by atoms with Crippen molar-refractivity contribution in [1.29, 1.82) is 5.26 Å². The molecule has 0 radical (unpaired) electrons. The molecule has 3 heteroatoms. The molecule has 0 amide bonds. The Morgan fingerprint density at radius 3 is 2.77 bits per heavy atom. The van der Waals surface area contributed by atoms with Crippen LogP contribution in [0.5, 0.6) is 0 Å². The van der Waals surface area contributed by atoms with Crippen LogP contribution < -0.4 is 0 Å². The molecular weight excluding hydrogens is 184 g/mol. The molecule has 0 aliphatic heterocycles. The summed E-state index contributed by atoms with van der Waals surface area (Å²) in [5.74, 6) is 0.883. The van der Waals surface area contributed by atoms with Gasteiger partial charge in [0.15, 0.2) is 0 Å². The van der Waals surface area contributed by atoms with Crippen molar-refractivity contribution in [2.45, 2.75) is 31.6 Å². The first kappa shape index (κ1) is 10.8. The number of halogens is 1. The topological polar surface area (TPSA) is 27.0 Å². The molecule has 0 aromatic heterocycles. The molecule has 0 saturated heterocycles. The number of nitriles is 1. The number of hydrogen-bond donors (Lipinski definition) is 0. The molecular formula is C10H17ClN2. The molecule has 2 nitrogen and oxygen atoms in total. The van der Waals surface area contributed by atoms with Crippen molar-refractivity contribution in [2.75, 3.05) is 19.6 Å². The number of rotatable bonds is 6. The summed E-state index contributed by atoms with van der Waals surface area (Å²) in [6.07, 6.45) is 3.86. The van der Waals surface area contributed by atoms with E-state index in [4.69, 9.17) is 16.9 Å². The highest BCUT2D eigenvalue weighted by atomic mass is 35.5. The van der Waals surface area contributed by atoms with Crippen molar-refractivity contribution in [3.63, 3.8) is 0 Å². The van der Waals surface area contributed by atoms with Crippen LogP contribution in [-0.2, 0) is 0 Å². The Morgan fingerprint density at radius 2 is 2.31 bits per heavy atom. The molecule has 1 unspecified atom stereocenters. The molecule has 1 atom stereocenters. The maximum atomic E-state index is 8.59. The third-order valence-corrected chi connectivity index (χ3v) is 2.55. The van der Waals surface area contributed by atoms with E-state index in [-0.39, 0.29) is 5.38 Å². The average molecular weight is 201 g/mol. The molecule has 0 spiro atoms. The highest BCUT2D eigenvalue weighted by Gasteiger charge is 2.24. The maximum absolute atomic E-state index is 8.59. The van der Waals surface area contributed by atoms with Crippen LogP contribution in [-0.4, -0.2) is 29.9 Å². The van der Waals surface area contributed by atoms with E-state index in [1.54, 1.807) is 0 Å². The van der Waals surface area contributed by atoms with Gasteiger partial charge < -0.3 is 4.90 Å². The second kappa shape index (κ2) is 5.47. The van der Waals surface area contributed by atoms with Gasteiger partial charge in [-0.1, -0.05) is 6.92 Å². The van der Waals surface area contributed by atoms with Gasteiger partial charge >= 0.3 is 0 Å². The van der Waals surface area contributed by atoms with E-state index in [9.17, 15) is 0 Å². The van der Waals surface area contributed by atoms with E-state index >= 15 is 0 Å². The monoisotopic (exact) mass is 200 g/mol. The summed E-state index contributed by atoms with van der Waals surface area (Å²) in [6.45, 7) is 5.10. The van der Waals surface area contributed by atoms with Crippen LogP contribution in [0.3, 0.4) is 0 Å². The second-order valence-electron chi connectivity index (χ2n) is 3.80. The van der Waals surface area contributed by atoms with Crippen LogP contribution in [0.25, 0.3) is 0 Å². The molecule has 1 fully saturated rings. The van der Waals surface area contributed by atoms with Crippen molar-refractivity contribution in [2.24, 2.45) is 5.92 Å². The zero-order valence-corrected chi connectivity index (χ0v) is 8.93. The first-order valence-corrected chi connectivity index (χ1v) is 5.46. The van der Waals surface area contributed by atoms with E-state index in [0.717, 1.165) is 32.0 Å². The Balaban J connectivity index is 2.23. The molecule has 1 rings (SSSR count). The number of alkyl halides is 1. The standard InChI is InChI=1S/C10H17ClN2/c1-2-5-13(7-9-3-4-9)8-10(11)6-12/h9-10H,2-5,7-8H2,1H3. The van der Waals surface area contributed by atoms with E-state index in [2.05, 4.69) is 17.9 Å². The molecule has 0 aromatic carbocycles. The Hall–Kier alpha value is -0.260. The SMILES string of the molecule is CCCN(CC(Cl)C#N)CC1CC1. The number of nitrogens with zero attached hydrogens (tertiary/aromatic N) is 2. The van der Waals surface area contributed by atoms with Gasteiger partial charge in [0.2, 0.25) is 0 Å². The lowest BCUT2D eigenvalue weighted by Crippen LogP contribution is -2.32. The lowest BCUT2D eigenvalue weighted by Gasteiger charge is -2.21. The minimum Gasteiger partial charge on any atom is -0.301 e. The second-order valence-corrected chi connectivity index (χ2v) is 4.33. The largest absolute Gasteiger partial charge is 0.301 e. The van der Waals surface area contributed by atoms with Crippen molar-refractivity contribution < 1.29 is 0 Å². The van der Waals surface area contributed by atoms with Gasteiger partial charge in [0.1, 0.15) is 5.38 Å².